The average molecular weight is 506 g/mol. The Balaban J connectivity index is 1.34. The number of imide groups is 1. The highest BCUT2D eigenvalue weighted by Gasteiger charge is 2.40. The van der Waals surface area contributed by atoms with Crippen LogP contribution in [0.25, 0.3) is 0 Å². The van der Waals surface area contributed by atoms with Crippen LogP contribution >= 0.6 is 0 Å². The van der Waals surface area contributed by atoms with E-state index in [-0.39, 0.29) is 23.6 Å². The Labute approximate surface area is 217 Å². The van der Waals surface area contributed by atoms with Gasteiger partial charge < -0.3 is 19.7 Å². The maximum atomic E-state index is 13.6. The summed E-state index contributed by atoms with van der Waals surface area (Å²) >= 11 is 0. The van der Waals surface area contributed by atoms with Gasteiger partial charge in [0.2, 0.25) is 5.91 Å². The number of nitrogens with zero attached hydrogens (tertiary/aromatic N) is 2. The lowest BCUT2D eigenvalue weighted by molar-refractivity contribution is -0.125. The van der Waals surface area contributed by atoms with Crippen molar-refractivity contribution in [3.63, 3.8) is 0 Å². The first-order valence-electron chi connectivity index (χ1n) is 13.3. The molecule has 0 unspecified atom stereocenters. The summed E-state index contributed by atoms with van der Waals surface area (Å²) < 4.78 is 10.7. The normalized spacial score (nSPS) is 20.1. The number of rotatable bonds is 7. The van der Waals surface area contributed by atoms with Gasteiger partial charge in [-0.2, -0.15) is 0 Å². The number of hydrogen-bond acceptors (Lipinski definition) is 6. The first-order chi connectivity index (χ1) is 18.0. The van der Waals surface area contributed by atoms with Crippen LogP contribution in [0.2, 0.25) is 0 Å². The number of carbonyl (C=O) groups is 3. The Kier molecular flexibility index (Phi) is 7.35. The molecule has 1 atom stereocenters. The quantitative estimate of drug-likeness (QED) is 0.561. The van der Waals surface area contributed by atoms with Crippen molar-refractivity contribution in [2.45, 2.75) is 44.9 Å². The third kappa shape index (κ3) is 4.89. The lowest BCUT2D eigenvalue weighted by atomic mass is 9.89. The van der Waals surface area contributed by atoms with Crippen LogP contribution < -0.4 is 24.6 Å². The predicted molar refractivity (Wildman–Crippen MR) is 142 cm³/mol. The van der Waals surface area contributed by atoms with E-state index in [2.05, 4.69) is 10.2 Å². The number of amides is 3. The number of anilines is 2. The third-order valence-electron chi connectivity index (χ3n) is 7.94. The minimum atomic E-state index is -0.369. The number of carbonyl (C=O) groups excluding carboxylic acids is 3. The Hall–Kier alpha value is -3.55. The summed E-state index contributed by atoms with van der Waals surface area (Å²) in [5, 5.41) is 3.19. The average Bonchev–Trinajstić information content (AvgIpc) is 3.21. The molecule has 1 saturated carbocycles. The highest BCUT2D eigenvalue weighted by molar-refractivity contribution is 6.36. The van der Waals surface area contributed by atoms with Crippen molar-refractivity contribution in [1.29, 1.82) is 0 Å². The second-order valence-electron chi connectivity index (χ2n) is 10.2. The van der Waals surface area contributed by atoms with Gasteiger partial charge in [-0.3, -0.25) is 14.4 Å². The largest absolute Gasteiger partial charge is 0.493 e. The van der Waals surface area contributed by atoms with E-state index in [0.29, 0.717) is 46.5 Å². The number of piperidine rings is 1. The van der Waals surface area contributed by atoms with Crippen molar-refractivity contribution in [3.8, 4) is 11.5 Å². The smallest absolute Gasteiger partial charge is 0.268 e. The minimum absolute atomic E-state index is 0.0946. The molecule has 2 heterocycles. The molecule has 0 radical (unpaired) electrons. The molecular formula is C29H35N3O5. The Bertz CT molecular complexity index is 1190. The van der Waals surface area contributed by atoms with Gasteiger partial charge in [-0.15, -0.1) is 0 Å². The Morgan fingerprint density at radius 1 is 0.946 bits per heavy atom. The molecule has 3 amide bonds. The van der Waals surface area contributed by atoms with E-state index in [9.17, 15) is 14.4 Å². The molecule has 0 bridgehead atoms. The monoisotopic (exact) mass is 505 g/mol. The van der Waals surface area contributed by atoms with Gasteiger partial charge in [-0.05, 0) is 55.9 Å². The van der Waals surface area contributed by atoms with Gasteiger partial charge in [0, 0.05) is 25.7 Å². The summed E-state index contributed by atoms with van der Waals surface area (Å²) in [5.41, 5.74) is 1.91. The van der Waals surface area contributed by atoms with Crippen LogP contribution in [-0.4, -0.2) is 51.6 Å². The zero-order chi connectivity index (χ0) is 25.9. The molecule has 2 fully saturated rings. The molecule has 2 aromatic rings. The van der Waals surface area contributed by atoms with Crippen LogP contribution in [-0.2, 0) is 4.79 Å². The standard InChI is InChI=1S/C29H35N3O5/c1-36-24-14-13-21(16-25(24)37-2)32-28(34)22-11-6-12-23(26(22)29(32)35)31-15-7-10-20(18-31)27(33)30-17-19-8-4-3-5-9-19/h6,11-14,16,19-20H,3-5,7-10,15,17-18H2,1-2H3,(H,30,33)/t20-/m0/s1. The molecule has 196 valence electrons. The molecule has 5 rings (SSSR count). The number of methoxy groups -OCH3 is 2. The van der Waals surface area contributed by atoms with Gasteiger partial charge in [0.25, 0.3) is 11.8 Å². The fraction of sp³-hybridized carbons (Fsp3) is 0.483. The molecular weight excluding hydrogens is 470 g/mol. The number of ether oxygens (including phenoxy) is 2. The number of fused-ring (bicyclic) bond motifs is 1. The second kappa shape index (κ2) is 10.8. The van der Waals surface area contributed by atoms with E-state index < -0.39 is 0 Å². The van der Waals surface area contributed by atoms with Crippen molar-refractivity contribution >= 4 is 29.1 Å². The molecule has 1 aliphatic carbocycles. The molecule has 2 aromatic carbocycles. The third-order valence-corrected chi connectivity index (χ3v) is 7.94. The fourth-order valence-electron chi connectivity index (χ4n) is 5.92. The van der Waals surface area contributed by atoms with E-state index in [1.807, 2.05) is 12.1 Å². The van der Waals surface area contributed by atoms with Gasteiger partial charge in [0.1, 0.15) is 0 Å². The van der Waals surface area contributed by atoms with E-state index in [1.165, 1.54) is 51.2 Å². The Morgan fingerprint density at radius 3 is 2.49 bits per heavy atom. The van der Waals surface area contributed by atoms with Gasteiger partial charge in [0.05, 0.1) is 42.6 Å². The molecule has 0 aromatic heterocycles. The molecule has 3 aliphatic rings. The van der Waals surface area contributed by atoms with Crippen molar-refractivity contribution in [2.75, 3.05) is 43.7 Å². The van der Waals surface area contributed by atoms with Crippen molar-refractivity contribution in [1.82, 2.24) is 5.32 Å². The molecule has 2 aliphatic heterocycles. The first-order valence-corrected chi connectivity index (χ1v) is 13.3. The SMILES string of the molecule is COc1ccc(N2C(=O)c3cccc(N4CCC[C@H](C(=O)NCC5CCCCC5)C4)c3C2=O)cc1OC. The lowest BCUT2D eigenvalue weighted by Crippen LogP contribution is -2.44. The number of hydrogen-bond donors (Lipinski definition) is 1. The van der Waals surface area contributed by atoms with Crippen LogP contribution in [0.1, 0.15) is 65.7 Å². The van der Waals surface area contributed by atoms with Crippen LogP contribution in [0.15, 0.2) is 36.4 Å². The maximum absolute atomic E-state index is 13.6. The molecule has 1 N–H and O–H groups in total. The lowest BCUT2D eigenvalue weighted by Gasteiger charge is -2.35. The topological polar surface area (TPSA) is 88.2 Å². The summed E-state index contributed by atoms with van der Waals surface area (Å²) in [5.74, 6) is 0.764. The molecule has 1 saturated heterocycles. The summed E-state index contributed by atoms with van der Waals surface area (Å²) in [4.78, 5) is 43.3. The van der Waals surface area contributed by atoms with E-state index >= 15 is 0 Å². The minimum Gasteiger partial charge on any atom is -0.493 e. The van der Waals surface area contributed by atoms with Crippen LogP contribution in [0, 0.1) is 11.8 Å². The van der Waals surface area contributed by atoms with Crippen LogP contribution in [0.5, 0.6) is 11.5 Å². The summed E-state index contributed by atoms with van der Waals surface area (Å²) in [6, 6.07) is 10.4. The summed E-state index contributed by atoms with van der Waals surface area (Å²) in [6.07, 6.45) is 7.88. The number of benzene rings is 2. The highest BCUT2D eigenvalue weighted by Crippen LogP contribution is 2.39. The zero-order valence-electron chi connectivity index (χ0n) is 21.6. The van der Waals surface area contributed by atoms with E-state index in [1.54, 1.807) is 24.3 Å². The Morgan fingerprint density at radius 2 is 1.73 bits per heavy atom. The molecule has 8 heteroatoms. The second-order valence-corrected chi connectivity index (χ2v) is 10.2. The van der Waals surface area contributed by atoms with Gasteiger partial charge in [-0.1, -0.05) is 25.3 Å². The number of nitrogens with one attached hydrogen (secondary N) is 1. The van der Waals surface area contributed by atoms with Crippen molar-refractivity contribution in [3.05, 3.63) is 47.5 Å². The predicted octanol–water partition coefficient (Wildman–Crippen LogP) is 4.42. The zero-order valence-corrected chi connectivity index (χ0v) is 21.6. The van der Waals surface area contributed by atoms with Gasteiger partial charge >= 0.3 is 0 Å². The van der Waals surface area contributed by atoms with Crippen LogP contribution in [0.3, 0.4) is 0 Å². The first kappa shape index (κ1) is 25.1. The van der Waals surface area contributed by atoms with Gasteiger partial charge in [0.15, 0.2) is 11.5 Å². The van der Waals surface area contributed by atoms with Crippen molar-refractivity contribution in [2.24, 2.45) is 11.8 Å². The van der Waals surface area contributed by atoms with Crippen molar-refractivity contribution < 1.29 is 23.9 Å². The van der Waals surface area contributed by atoms with E-state index in [4.69, 9.17) is 9.47 Å². The molecule has 0 spiro atoms. The fourth-order valence-corrected chi connectivity index (χ4v) is 5.92. The van der Waals surface area contributed by atoms with Gasteiger partial charge in [-0.25, -0.2) is 4.90 Å². The molecule has 8 nitrogen and oxygen atoms in total. The summed E-state index contributed by atoms with van der Waals surface area (Å²) in [6.45, 7) is 2.02. The van der Waals surface area contributed by atoms with Crippen LogP contribution in [0.4, 0.5) is 11.4 Å². The maximum Gasteiger partial charge on any atom is 0.268 e. The van der Waals surface area contributed by atoms with E-state index in [0.717, 1.165) is 25.9 Å². The summed E-state index contributed by atoms with van der Waals surface area (Å²) in [7, 11) is 3.05. The highest BCUT2D eigenvalue weighted by atomic mass is 16.5. The molecule has 37 heavy (non-hydrogen) atoms.